The number of hydrogen-bond acceptors (Lipinski definition) is 1. The molecule has 0 bridgehead atoms. The molecule has 0 unspecified atom stereocenters. The van der Waals surface area contributed by atoms with Crippen molar-refractivity contribution in [2.24, 2.45) is 0 Å². The Hall–Kier alpha value is 1.48. The topological polar surface area (TPSA) is 58.5 Å². The van der Waals surface area contributed by atoms with E-state index in [2.05, 4.69) is 0 Å². The van der Waals surface area contributed by atoms with E-state index < -0.39 is 0 Å². The third kappa shape index (κ3) is 30.3. The molecular weight excluding hydrogens is 223 g/mol. The molecule has 0 aromatic rings. The van der Waals surface area contributed by atoms with Crippen molar-refractivity contribution >= 4 is 0 Å². The molecule has 0 spiro atoms. The molecule has 0 aliphatic rings. The zero-order valence-electron chi connectivity index (χ0n) is 1.76. The maximum Gasteiger partial charge on any atom is 1.00 e. The third-order valence-electron chi connectivity index (χ3n) is 0. The second kappa shape index (κ2) is 50.3. The van der Waals surface area contributed by atoms with Crippen molar-refractivity contribution in [1.82, 2.24) is 0 Å². The van der Waals surface area contributed by atoms with Gasteiger partial charge in [-0.3, -0.25) is 0 Å². The Kier molecular flexibility index (Phi) is 894. The first-order valence-corrected chi connectivity index (χ1v) is 0. The molecule has 0 amide bonds. The van der Waals surface area contributed by atoms with Crippen molar-refractivity contribution in [2.45, 2.75) is 0 Å². The predicted octanol–water partition coefficient (Wildman–Crippen LogP) is -0.303. The van der Waals surface area contributed by atoms with Crippen LogP contribution in [0.3, 0.4) is 0 Å². The molecule has 1 N–H and O–H groups in total. The maximum absolute atomic E-state index is 0. The molecule has 0 fully saturated rings. The first kappa shape index (κ1) is 89.0. The van der Waals surface area contributed by atoms with Crippen LogP contribution in [0.2, 0.25) is 0 Å². The standard InChI is InChI=1S/3Cu.H2O.O/h;;;1H2;/q3*+1;;-2/p-1. The predicted molar refractivity (Wildman–Crippen MR) is 2.62 cm³/mol. The van der Waals surface area contributed by atoms with Crippen molar-refractivity contribution in [3.63, 3.8) is 0 Å². The van der Waals surface area contributed by atoms with Crippen molar-refractivity contribution in [2.75, 3.05) is 0 Å². The quantitative estimate of drug-likeness (QED) is 0.520. The first-order valence-electron chi connectivity index (χ1n) is 0. The van der Waals surface area contributed by atoms with E-state index in [1.54, 1.807) is 0 Å². The van der Waals surface area contributed by atoms with Gasteiger partial charge in [0.2, 0.25) is 0 Å². The van der Waals surface area contributed by atoms with Crippen LogP contribution < -0.4 is 0 Å². The van der Waals surface area contributed by atoms with E-state index >= 15 is 0 Å². The van der Waals surface area contributed by atoms with Gasteiger partial charge < -0.3 is 11.0 Å². The van der Waals surface area contributed by atoms with Crippen molar-refractivity contribution in [3.8, 4) is 0 Å². The molecule has 0 saturated heterocycles. The average Bonchev–Trinajstić information content (AvgIpc) is 0. The van der Waals surface area contributed by atoms with Crippen LogP contribution in [-0.4, -0.2) is 5.48 Å². The van der Waals surface area contributed by atoms with Gasteiger partial charge in [0, 0.05) is 0 Å². The molecule has 0 heterocycles. The van der Waals surface area contributed by atoms with Gasteiger partial charge in [-0.05, 0) is 0 Å². The molecule has 0 aromatic carbocycles. The van der Waals surface area contributed by atoms with Gasteiger partial charge in [-0.2, -0.15) is 0 Å². The molecule has 0 saturated carbocycles. The van der Waals surface area contributed by atoms with Crippen molar-refractivity contribution in [3.05, 3.63) is 0 Å². The smallest absolute Gasteiger partial charge is 1.00 e. The fourth-order valence-electron chi connectivity index (χ4n) is 0. The molecule has 2 nitrogen and oxygen atoms in total. The van der Waals surface area contributed by atoms with E-state index in [4.69, 9.17) is 0 Å². The summed E-state index contributed by atoms with van der Waals surface area (Å²) in [7, 11) is 0. The second-order valence-electron chi connectivity index (χ2n) is 0. The van der Waals surface area contributed by atoms with E-state index in [-0.39, 0.29) is 62.2 Å². The van der Waals surface area contributed by atoms with Crippen LogP contribution in [-0.2, 0) is 56.7 Å². The van der Waals surface area contributed by atoms with Crippen LogP contribution in [0.1, 0.15) is 0 Å². The SMILES string of the molecule is [Cu+].[Cu+].[Cu+].[O-2].[OH-]. The molecule has 5 heteroatoms. The molecule has 0 atom stereocenters. The average molecular weight is 224 g/mol. The zero-order valence-corrected chi connectivity index (χ0v) is 4.58. The first-order chi connectivity index (χ1) is 0. The third-order valence-corrected chi connectivity index (χ3v) is 0. The summed E-state index contributed by atoms with van der Waals surface area (Å²) in [5.41, 5.74) is 0. The molecule has 46 valence electrons. The molecule has 0 aromatic heterocycles. The van der Waals surface area contributed by atoms with Gasteiger partial charge in [-0.1, -0.05) is 0 Å². The minimum Gasteiger partial charge on any atom is -2.00 e. The van der Waals surface area contributed by atoms with Crippen LogP contribution in [0, 0.1) is 0 Å². The number of rotatable bonds is 0. The molecular formula is HCu3O2. The summed E-state index contributed by atoms with van der Waals surface area (Å²) in [4.78, 5) is 0. The Labute approximate surface area is 62.1 Å². The summed E-state index contributed by atoms with van der Waals surface area (Å²) >= 11 is 0. The van der Waals surface area contributed by atoms with Gasteiger partial charge >= 0.3 is 51.2 Å². The molecule has 5 heavy (non-hydrogen) atoms. The Morgan fingerprint density at radius 2 is 0.600 bits per heavy atom. The summed E-state index contributed by atoms with van der Waals surface area (Å²) in [5, 5.41) is 0. The Bertz CT molecular complexity index is 4.85. The van der Waals surface area contributed by atoms with E-state index in [0.717, 1.165) is 0 Å². The zero-order chi connectivity index (χ0) is 0. The Balaban J connectivity index is 0. The van der Waals surface area contributed by atoms with Crippen LogP contribution in [0.15, 0.2) is 0 Å². The Morgan fingerprint density at radius 1 is 0.600 bits per heavy atom. The minimum atomic E-state index is 0. The maximum atomic E-state index is 0. The monoisotopic (exact) mass is 222 g/mol. The minimum absolute atomic E-state index is 0. The number of hydrogen-bond donors (Lipinski definition) is 0. The summed E-state index contributed by atoms with van der Waals surface area (Å²) < 4.78 is 0. The second-order valence-corrected chi connectivity index (χ2v) is 0. The fraction of sp³-hybridized carbons (Fsp3) is 0. The van der Waals surface area contributed by atoms with Crippen LogP contribution in [0.5, 0.6) is 0 Å². The molecule has 0 aliphatic heterocycles. The van der Waals surface area contributed by atoms with Gasteiger partial charge in [0.1, 0.15) is 0 Å². The van der Waals surface area contributed by atoms with Crippen LogP contribution >= 0.6 is 0 Å². The molecule has 0 rings (SSSR count). The summed E-state index contributed by atoms with van der Waals surface area (Å²) in [6, 6.07) is 0. The molecule has 0 aliphatic carbocycles. The Morgan fingerprint density at radius 3 is 0.600 bits per heavy atom. The summed E-state index contributed by atoms with van der Waals surface area (Å²) in [6.45, 7) is 0. The van der Waals surface area contributed by atoms with Gasteiger partial charge in [0.25, 0.3) is 0 Å². The van der Waals surface area contributed by atoms with Gasteiger partial charge in [-0.15, -0.1) is 0 Å². The van der Waals surface area contributed by atoms with E-state index in [0.29, 0.717) is 0 Å². The van der Waals surface area contributed by atoms with Crippen LogP contribution in [0.25, 0.3) is 0 Å². The van der Waals surface area contributed by atoms with Crippen molar-refractivity contribution < 1.29 is 62.2 Å². The van der Waals surface area contributed by atoms with Crippen LogP contribution in [0.4, 0.5) is 0 Å². The van der Waals surface area contributed by atoms with Gasteiger partial charge in [0.05, 0.1) is 0 Å². The summed E-state index contributed by atoms with van der Waals surface area (Å²) in [5.74, 6) is 0. The normalized spacial score (nSPS) is 0. The largest absolute Gasteiger partial charge is 2.00 e. The van der Waals surface area contributed by atoms with Crippen molar-refractivity contribution in [1.29, 1.82) is 0 Å². The van der Waals surface area contributed by atoms with E-state index in [1.807, 2.05) is 0 Å². The van der Waals surface area contributed by atoms with Gasteiger partial charge in [0.15, 0.2) is 0 Å². The fourth-order valence-corrected chi connectivity index (χ4v) is 0. The van der Waals surface area contributed by atoms with E-state index in [9.17, 15) is 0 Å². The molecule has 0 radical (unpaired) electrons. The summed E-state index contributed by atoms with van der Waals surface area (Å²) in [6.07, 6.45) is 0. The van der Waals surface area contributed by atoms with E-state index in [1.165, 1.54) is 0 Å². The van der Waals surface area contributed by atoms with Gasteiger partial charge in [-0.25, -0.2) is 0 Å².